The van der Waals surface area contributed by atoms with Crippen LogP contribution >= 0.6 is 0 Å². The van der Waals surface area contributed by atoms with Crippen LogP contribution in [-0.2, 0) is 23.8 Å². The van der Waals surface area contributed by atoms with Crippen molar-refractivity contribution in [3.05, 3.63) is 0 Å². The van der Waals surface area contributed by atoms with E-state index in [1.807, 2.05) is 0 Å². The zero-order chi connectivity index (χ0) is 11.5. The van der Waals surface area contributed by atoms with Gasteiger partial charge in [-0.1, -0.05) is 0 Å². The van der Waals surface area contributed by atoms with Gasteiger partial charge in [-0.25, -0.2) is 0 Å². The van der Waals surface area contributed by atoms with Crippen molar-refractivity contribution < 1.29 is 28.9 Å². The van der Waals surface area contributed by atoms with Gasteiger partial charge in [-0.2, -0.15) is 0 Å². The fraction of sp³-hybridized carbons (Fsp3) is 0.778. The third-order valence-electron chi connectivity index (χ3n) is 1.49. The molecular weight excluding hydrogens is 204 g/mol. The van der Waals surface area contributed by atoms with Gasteiger partial charge in [-0.3, -0.25) is 9.59 Å². The molecule has 0 spiro atoms. The maximum Gasteiger partial charge on any atom is 0.306 e. The molecule has 0 fully saturated rings. The zero-order valence-corrected chi connectivity index (χ0v) is 8.73. The van der Waals surface area contributed by atoms with Crippen LogP contribution in [0.2, 0.25) is 0 Å². The molecule has 0 radical (unpaired) electrons. The first-order valence-corrected chi connectivity index (χ1v) is 4.61. The maximum atomic E-state index is 11.0. The van der Waals surface area contributed by atoms with Crippen LogP contribution in [0.5, 0.6) is 0 Å². The molecule has 88 valence electrons. The molecule has 0 aliphatic carbocycles. The van der Waals surface area contributed by atoms with Crippen LogP contribution in [0.1, 0.15) is 12.8 Å². The van der Waals surface area contributed by atoms with Crippen LogP contribution in [0, 0.1) is 0 Å². The number of methoxy groups -OCH3 is 1. The SMILES string of the molecule is COC(=O)CCC(=O)OCCOCCO. The first-order valence-electron chi connectivity index (χ1n) is 4.61. The molecule has 0 aliphatic rings. The van der Waals surface area contributed by atoms with E-state index < -0.39 is 11.9 Å². The molecule has 15 heavy (non-hydrogen) atoms. The van der Waals surface area contributed by atoms with Crippen molar-refractivity contribution in [2.45, 2.75) is 12.8 Å². The molecule has 0 heterocycles. The van der Waals surface area contributed by atoms with E-state index in [4.69, 9.17) is 14.6 Å². The monoisotopic (exact) mass is 220 g/mol. The molecule has 0 aromatic heterocycles. The molecule has 6 heteroatoms. The summed E-state index contributed by atoms with van der Waals surface area (Å²) in [5, 5.41) is 8.36. The number of aliphatic hydroxyl groups is 1. The Balaban J connectivity index is 3.30. The Kier molecular flexibility index (Phi) is 8.70. The Labute approximate surface area is 88.1 Å². The van der Waals surface area contributed by atoms with Gasteiger partial charge in [0.2, 0.25) is 0 Å². The summed E-state index contributed by atoms with van der Waals surface area (Å²) in [6.45, 7) is 0.528. The maximum absolute atomic E-state index is 11.0. The van der Waals surface area contributed by atoms with Gasteiger partial charge in [0.1, 0.15) is 6.61 Å². The second-order valence-electron chi connectivity index (χ2n) is 2.63. The van der Waals surface area contributed by atoms with Gasteiger partial charge < -0.3 is 19.3 Å². The van der Waals surface area contributed by atoms with Gasteiger partial charge in [-0.05, 0) is 0 Å². The zero-order valence-electron chi connectivity index (χ0n) is 8.73. The number of ether oxygens (including phenoxy) is 3. The largest absolute Gasteiger partial charge is 0.469 e. The van der Waals surface area contributed by atoms with Gasteiger partial charge in [0, 0.05) is 0 Å². The fourth-order valence-electron chi connectivity index (χ4n) is 0.759. The van der Waals surface area contributed by atoms with Crippen molar-refractivity contribution in [2.24, 2.45) is 0 Å². The van der Waals surface area contributed by atoms with E-state index in [9.17, 15) is 9.59 Å². The highest BCUT2D eigenvalue weighted by atomic mass is 16.6. The van der Waals surface area contributed by atoms with E-state index in [-0.39, 0.29) is 39.3 Å². The highest BCUT2D eigenvalue weighted by Gasteiger charge is 2.07. The molecule has 1 N–H and O–H groups in total. The molecule has 0 saturated carbocycles. The van der Waals surface area contributed by atoms with Crippen molar-refractivity contribution >= 4 is 11.9 Å². The highest BCUT2D eigenvalue weighted by Crippen LogP contribution is 1.94. The summed E-state index contributed by atoms with van der Waals surface area (Å²) in [5.41, 5.74) is 0. The lowest BCUT2D eigenvalue weighted by atomic mass is 10.3. The summed E-state index contributed by atoms with van der Waals surface area (Å²) in [6, 6.07) is 0. The lowest BCUT2D eigenvalue weighted by Crippen LogP contribution is -2.13. The smallest absolute Gasteiger partial charge is 0.306 e. The molecule has 0 aromatic rings. The van der Waals surface area contributed by atoms with Gasteiger partial charge >= 0.3 is 11.9 Å². The molecular formula is C9H16O6. The van der Waals surface area contributed by atoms with Crippen molar-refractivity contribution in [3.63, 3.8) is 0 Å². The Morgan fingerprint density at radius 3 is 2.33 bits per heavy atom. The van der Waals surface area contributed by atoms with Gasteiger partial charge in [0.15, 0.2) is 0 Å². The standard InChI is InChI=1S/C9H16O6/c1-13-8(11)2-3-9(12)15-7-6-14-5-4-10/h10H,2-7H2,1H3. The molecule has 0 saturated heterocycles. The first kappa shape index (κ1) is 13.9. The van der Waals surface area contributed by atoms with E-state index in [1.165, 1.54) is 7.11 Å². The number of esters is 2. The van der Waals surface area contributed by atoms with E-state index in [0.717, 1.165) is 0 Å². The summed E-state index contributed by atoms with van der Waals surface area (Å²) in [6.07, 6.45) is 0.0273. The van der Waals surface area contributed by atoms with Crippen LogP contribution in [0.15, 0.2) is 0 Å². The number of hydrogen-bond acceptors (Lipinski definition) is 6. The highest BCUT2D eigenvalue weighted by molar-refractivity contribution is 5.77. The normalized spacial score (nSPS) is 9.73. The number of carbonyl (C=O) groups excluding carboxylic acids is 2. The van der Waals surface area contributed by atoms with Crippen molar-refractivity contribution in [3.8, 4) is 0 Å². The molecule has 0 unspecified atom stereocenters. The van der Waals surface area contributed by atoms with Crippen LogP contribution in [-0.4, -0.2) is 50.6 Å². The van der Waals surface area contributed by atoms with E-state index in [2.05, 4.69) is 4.74 Å². The van der Waals surface area contributed by atoms with Gasteiger partial charge in [-0.15, -0.1) is 0 Å². The fourth-order valence-corrected chi connectivity index (χ4v) is 0.759. The summed E-state index contributed by atoms with van der Waals surface area (Å²) < 4.78 is 14.0. The summed E-state index contributed by atoms with van der Waals surface area (Å²) in [7, 11) is 1.26. The third-order valence-corrected chi connectivity index (χ3v) is 1.49. The van der Waals surface area contributed by atoms with Crippen LogP contribution in [0.4, 0.5) is 0 Å². The number of carbonyl (C=O) groups is 2. The van der Waals surface area contributed by atoms with E-state index >= 15 is 0 Å². The summed E-state index contributed by atoms with van der Waals surface area (Å²) >= 11 is 0. The number of aliphatic hydroxyl groups excluding tert-OH is 1. The predicted octanol–water partition coefficient (Wildman–Crippen LogP) is -0.508. The Morgan fingerprint density at radius 1 is 1.07 bits per heavy atom. The first-order chi connectivity index (χ1) is 7.20. The minimum atomic E-state index is -0.465. The lowest BCUT2D eigenvalue weighted by Gasteiger charge is -2.04. The second kappa shape index (κ2) is 9.42. The van der Waals surface area contributed by atoms with E-state index in [1.54, 1.807) is 0 Å². The number of hydrogen-bond donors (Lipinski definition) is 1. The van der Waals surface area contributed by atoms with Gasteiger partial charge in [0.25, 0.3) is 0 Å². The average Bonchev–Trinajstić information content (AvgIpc) is 2.25. The molecule has 0 bridgehead atoms. The molecule has 6 nitrogen and oxygen atoms in total. The minimum absolute atomic E-state index is 0.00662. The molecule has 0 atom stereocenters. The topological polar surface area (TPSA) is 82.1 Å². The van der Waals surface area contributed by atoms with Crippen LogP contribution in [0.3, 0.4) is 0 Å². The van der Waals surface area contributed by atoms with Crippen LogP contribution < -0.4 is 0 Å². The summed E-state index contributed by atoms with van der Waals surface area (Å²) in [5.74, 6) is -0.906. The second-order valence-corrected chi connectivity index (χ2v) is 2.63. The van der Waals surface area contributed by atoms with Crippen molar-refractivity contribution in [2.75, 3.05) is 33.5 Å². The Bertz CT molecular complexity index is 191. The molecule has 0 amide bonds. The van der Waals surface area contributed by atoms with Crippen molar-refractivity contribution in [1.82, 2.24) is 0 Å². The third kappa shape index (κ3) is 9.17. The Morgan fingerprint density at radius 2 is 1.73 bits per heavy atom. The van der Waals surface area contributed by atoms with Crippen LogP contribution in [0.25, 0.3) is 0 Å². The predicted molar refractivity (Wildman–Crippen MR) is 50.1 cm³/mol. The van der Waals surface area contributed by atoms with E-state index in [0.29, 0.717) is 0 Å². The number of rotatable bonds is 8. The molecule has 0 rings (SSSR count). The van der Waals surface area contributed by atoms with Crippen molar-refractivity contribution in [1.29, 1.82) is 0 Å². The van der Waals surface area contributed by atoms with Gasteiger partial charge in [0.05, 0.1) is 39.8 Å². The molecule has 0 aromatic carbocycles. The Hall–Kier alpha value is -1.14. The molecule has 0 aliphatic heterocycles. The average molecular weight is 220 g/mol. The quantitative estimate of drug-likeness (QED) is 0.438. The lowest BCUT2D eigenvalue weighted by molar-refractivity contribution is -0.150. The minimum Gasteiger partial charge on any atom is -0.469 e. The summed E-state index contributed by atoms with van der Waals surface area (Å²) in [4.78, 5) is 21.6.